The Labute approximate surface area is 305 Å². The number of benzene rings is 8. The second-order valence-electron chi connectivity index (χ2n) is 13.0. The third-order valence-corrected chi connectivity index (χ3v) is 9.74. The fourth-order valence-electron chi connectivity index (χ4n) is 7.17. The van der Waals surface area contributed by atoms with Gasteiger partial charge in [0.1, 0.15) is 11.0 Å². The van der Waals surface area contributed by atoms with Crippen LogP contribution in [-0.4, -0.2) is 29.9 Å². The van der Waals surface area contributed by atoms with Crippen molar-refractivity contribution in [2.24, 2.45) is 0 Å². The monoisotopic (exact) mass is 678 g/mol. The molecule has 53 heavy (non-hydrogen) atoms. The first kappa shape index (κ1) is 30.5. The zero-order valence-electron chi connectivity index (χ0n) is 28.5. The third-order valence-electron chi connectivity index (χ3n) is 9.74. The molecule has 2 aromatic heterocycles. The Morgan fingerprint density at radius 3 is 1.55 bits per heavy atom. The first-order valence-electron chi connectivity index (χ1n) is 17.6. The van der Waals surface area contributed by atoms with Crippen molar-refractivity contribution in [3.05, 3.63) is 182 Å². The number of nitrogens with zero attached hydrogens (tertiary/aromatic N) is 6. The summed E-state index contributed by atoms with van der Waals surface area (Å²) in [6, 6.07) is 62.4. The molecule has 0 amide bonds. The molecule has 0 radical (unpaired) electrons. The lowest BCUT2D eigenvalue weighted by molar-refractivity contribution is 0.766. The number of fused-ring (bicyclic) bond motifs is 5. The van der Waals surface area contributed by atoms with Gasteiger partial charge in [-0.15, -0.1) is 10.2 Å². The maximum atomic E-state index is 5.21. The molecule has 0 saturated carbocycles. The van der Waals surface area contributed by atoms with Gasteiger partial charge in [-0.2, -0.15) is 4.80 Å². The quantitative estimate of drug-likeness (QED) is 0.164. The van der Waals surface area contributed by atoms with Gasteiger partial charge in [-0.05, 0) is 62.7 Å². The van der Waals surface area contributed by atoms with Crippen LogP contribution in [-0.2, 0) is 0 Å². The van der Waals surface area contributed by atoms with Gasteiger partial charge in [0.25, 0.3) is 0 Å². The molecule has 248 valence electrons. The number of hydrogen-bond acceptors (Lipinski definition) is 5. The molecular formula is C47H30N6. The molecule has 10 rings (SSSR count). The van der Waals surface area contributed by atoms with Crippen molar-refractivity contribution < 1.29 is 0 Å². The van der Waals surface area contributed by atoms with E-state index in [0.717, 1.165) is 77.2 Å². The molecule has 0 fully saturated rings. The number of rotatable bonds is 6. The predicted octanol–water partition coefficient (Wildman–Crippen LogP) is 11.2. The molecule has 8 aromatic carbocycles. The van der Waals surface area contributed by atoms with Gasteiger partial charge in [0.15, 0.2) is 17.5 Å². The van der Waals surface area contributed by atoms with E-state index in [9.17, 15) is 0 Å². The molecule has 0 aliphatic rings. The highest BCUT2D eigenvalue weighted by molar-refractivity contribution is 6.19. The van der Waals surface area contributed by atoms with Crippen molar-refractivity contribution in [3.8, 4) is 62.1 Å². The van der Waals surface area contributed by atoms with E-state index in [4.69, 9.17) is 25.1 Å². The van der Waals surface area contributed by atoms with E-state index >= 15 is 0 Å². The van der Waals surface area contributed by atoms with E-state index in [1.807, 2.05) is 84.9 Å². The molecule has 0 aliphatic heterocycles. The third kappa shape index (κ3) is 5.50. The van der Waals surface area contributed by atoms with E-state index in [0.29, 0.717) is 17.5 Å². The van der Waals surface area contributed by atoms with E-state index in [-0.39, 0.29) is 0 Å². The van der Waals surface area contributed by atoms with Crippen LogP contribution < -0.4 is 0 Å². The van der Waals surface area contributed by atoms with Crippen LogP contribution in [0.25, 0.3) is 94.7 Å². The van der Waals surface area contributed by atoms with Gasteiger partial charge in [0.2, 0.25) is 0 Å². The van der Waals surface area contributed by atoms with Crippen molar-refractivity contribution in [3.63, 3.8) is 0 Å². The lowest BCUT2D eigenvalue weighted by atomic mass is 9.94. The molecule has 6 nitrogen and oxygen atoms in total. The van der Waals surface area contributed by atoms with Crippen LogP contribution in [0.2, 0.25) is 0 Å². The molecule has 0 saturated heterocycles. The topological polar surface area (TPSA) is 69.4 Å². The first-order chi connectivity index (χ1) is 26.3. The van der Waals surface area contributed by atoms with Gasteiger partial charge in [0.05, 0.1) is 5.69 Å². The van der Waals surface area contributed by atoms with Crippen LogP contribution in [0.1, 0.15) is 0 Å². The van der Waals surface area contributed by atoms with Crippen molar-refractivity contribution in [2.45, 2.75) is 0 Å². The number of para-hydroxylation sites is 1. The maximum Gasteiger partial charge on any atom is 0.164 e. The molecule has 0 bridgehead atoms. The summed E-state index contributed by atoms with van der Waals surface area (Å²) in [5, 5.41) is 14.3. The van der Waals surface area contributed by atoms with Crippen molar-refractivity contribution >= 4 is 32.6 Å². The highest BCUT2D eigenvalue weighted by Crippen LogP contribution is 2.38. The summed E-state index contributed by atoms with van der Waals surface area (Å²) in [4.78, 5) is 17.1. The summed E-state index contributed by atoms with van der Waals surface area (Å²) in [7, 11) is 0. The van der Waals surface area contributed by atoms with E-state index in [2.05, 4.69) is 97.1 Å². The molecule has 2 heterocycles. The minimum atomic E-state index is 0.610. The highest BCUT2D eigenvalue weighted by atomic mass is 15.5. The lowest BCUT2D eigenvalue weighted by Gasteiger charge is -2.14. The summed E-state index contributed by atoms with van der Waals surface area (Å²) in [6.07, 6.45) is 0. The number of hydrogen-bond donors (Lipinski definition) is 0. The Kier molecular flexibility index (Phi) is 7.36. The average Bonchev–Trinajstić information content (AvgIpc) is 3.69. The van der Waals surface area contributed by atoms with Gasteiger partial charge < -0.3 is 0 Å². The van der Waals surface area contributed by atoms with E-state index in [1.54, 1.807) is 4.80 Å². The molecule has 0 atom stereocenters. The summed E-state index contributed by atoms with van der Waals surface area (Å²) >= 11 is 0. The van der Waals surface area contributed by atoms with Gasteiger partial charge >= 0.3 is 0 Å². The Morgan fingerprint density at radius 2 is 0.868 bits per heavy atom. The van der Waals surface area contributed by atoms with Gasteiger partial charge in [-0.3, -0.25) is 0 Å². The minimum absolute atomic E-state index is 0.610. The van der Waals surface area contributed by atoms with Crippen LogP contribution in [0.4, 0.5) is 0 Å². The minimum Gasteiger partial charge on any atom is -0.208 e. The fraction of sp³-hybridized carbons (Fsp3) is 0. The zero-order valence-corrected chi connectivity index (χ0v) is 28.5. The van der Waals surface area contributed by atoms with E-state index < -0.39 is 0 Å². The Balaban J connectivity index is 1.17. The van der Waals surface area contributed by atoms with Crippen LogP contribution in [0.3, 0.4) is 0 Å². The fourth-order valence-corrected chi connectivity index (χ4v) is 7.17. The second-order valence-corrected chi connectivity index (χ2v) is 13.0. The van der Waals surface area contributed by atoms with Gasteiger partial charge in [-0.1, -0.05) is 158 Å². The van der Waals surface area contributed by atoms with E-state index in [1.165, 1.54) is 0 Å². The van der Waals surface area contributed by atoms with Crippen LogP contribution >= 0.6 is 0 Å². The summed E-state index contributed by atoms with van der Waals surface area (Å²) in [6.45, 7) is 0. The highest BCUT2D eigenvalue weighted by Gasteiger charge is 2.19. The number of aromatic nitrogens is 6. The SMILES string of the molecule is c1ccc(-c2nc(-c3ccccc3-c3ccccc3)nc(-c3ccccc3-c3ccc4ccc5ccc6nn(-c7ccccc7)nc6c5c4c3)n2)cc1. The van der Waals surface area contributed by atoms with Crippen LogP contribution in [0.5, 0.6) is 0 Å². The van der Waals surface area contributed by atoms with Gasteiger partial charge in [0, 0.05) is 22.1 Å². The predicted molar refractivity (Wildman–Crippen MR) is 214 cm³/mol. The Bertz CT molecular complexity index is 2940. The molecule has 6 heteroatoms. The molecular weight excluding hydrogens is 649 g/mol. The van der Waals surface area contributed by atoms with Gasteiger partial charge in [-0.25, -0.2) is 15.0 Å². The smallest absolute Gasteiger partial charge is 0.164 e. The molecule has 0 aliphatic carbocycles. The Hall–Kier alpha value is -7.31. The summed E-state index contributed by atoms with van der Waals surface area (Å²) < 4.78 is 0. The maximum absolute atomic E-state index is 5.21. The molecule has 0 unspecified atom stereocenters. The molecule has 0 spiro atoms. The van der Waals surface area contributed by atoms with Crippen molar-refractivity contribution in [1.29, 1.82) is 0 Å². The second kappa shape index (κ2) is 12.8. The zero-order chi connectivity index (χ0) is 35.1. The lowest BCUT2D eigenvalue weighted by Crippen LogP contribution is -2.02. The first-order valence-corrected chi connectivity index (χ1v) is 17.6. The summed E-state index contributed by atoms with van der Waals surface area (Å²) in [5.41, 5.74) is 9.69. The van der Waals surface area contributed by atoms with Crippen molar-refractivity contribution in [1.82, 2.24) is 29.9 Å². The van der Waals surface area contributed by atoms with Crippen molar-refractivity contribution in [2.75, 3.05) is 0 Å². The normalized spacial score (nSPS) is 11.4. The summed E-state index contributed by atoms with van der Waals surface area (Å²) in [5.74, 6) is 1.85. The largest absolute Gasteiger partial charge is 0.208 e. The van der Waals surface area contributed by atoms with Crippen LogP contribution in [0.15, 0.2) is 182 Å². The Morgan fingerprint density at radius 1 is 0.358 bits per heavy atom. The standard InChI is InChI=1S/C47H30N6/c1-4-14-31(15-5-1)37-20-10-12-22-39(37)46-48-45(34-16-6-2-7-17-34)49-47(50-46)40-23-13-11-21-38(40)35-27-25-32-24-26-33-28-29-42-44(43(33)41(32)30-35)52-53(51-42)36-18-8-3-9-19-36/h1-30H. The molecule has 10 aromatic rings. The average molecular weight is 679 g/mol. The molecule has 0 N–H and O–H groups in total. The van der Waals surface area contributed by atoms with Crippen LogP contribution in [0, 0.1) is 0 Å².